The maximum absolute atomic E-state index is 13.2. The van der Waals surface area contributed by atoms with Crippen molar-refractivity contribution in [3.63, 3.8) is 0 Å². The third kappa shape index (κ3) is 6.07. The summed E-state index contributed by atoms with van der Waals surface area (Å²) in [4.78, 5) is 27.3. The second kappa shape index (κ2) is 11.0. The van der Waals surface area contributed by atoms with Crippen LogP contribution in [0.25, 0.3) is 10.8 Å². The van der Waals surface area contributed by atoms with Crippen molar-refractivity contribution < 1.29 is 14.3 Å². The second-order valence-corrected chi connectivity index (χ2v) is 8.30. The van der Waals surface area contributed by atoms with Gasteiger partial charge >= 0.3 is 0 Å². The van der Waals surface area contributed by atoms with Crippen LogP contribution in [0.4, 0.5) is 0 Å². The molecule has 3 aromatic rings. The number of hydrogen-bond acceptors (Lipinski definition) is 3. The fourth-order valence-electron chi connectivity index (χ4n) is 3.31. The summed E-state index contributed by atoms with van der Waals surface area (Å²) in [6, 6.07) is 20.7. The van der Waals surface area contributed by atoms with Crippen LogP contribution in [0.3, 0.4) is 0 Å². The molecule has 31 heavy (non-hydrogen) atoms. The SMILES string of the molecule is CCCNC(=O)[C@@H](C)N(Cc1ccc(Br)cc1)C(=O)COc1cccc2ccccc12. The molecular weight excluding hydrogens is 456 g/mol. The lowest BCUT2D eigenvalue weighted by Gasteiger charge is -2.29. The van der Waals surface area contributed by atoms with Gasteiger partial charge in [-0.2, -0.15) is 0 Å². The summed E-state index contributed by atoms with van der Waals surface area (Å²) in [6.07, 6.45) is 0.837. The van der Waals surface area contributed by atoms with Gasteiger partial charge < -0.3 is 15.0 Å². The quantitative estimate of drug-likeness (QED) is 0.470. The van der Waals surface area contributed by atoms with Crippen LogP contribution in [0.1, 0.15) is 25.8 Å². The lowest BCUT2D eigenvalue weighted by atomic mass is 10.1. The summed E-state index contributed by atoms with van der Waals surface area (Å²) in [6.45, 7) is 4.50. The first kappa shape index (κ1) is 22.8. The van der Waals surface area contributed by atoms with Gasteiger partial charge in [0, 0.05) is 22.9 Å². The molecule has 5 nitrogen and oxygen atoms in total. The molecule has 0 saturated carbocycles. The zero-order valence-electron chi connectivity index (χ0n) is 17.8. The van der Waals surface area contributed by atoms with E-state index in [4.69, 9.17) is 4.74 Å². The van der Waals surface area contributed by atoms with Gasteiger partial charge in [0.25, 0.3) is 5.91 Å². The molecule has 0 unspecified atom stereocenters. The molecule has 0 radical (unpaired) electrons. The largest absolute Gasteiger partial charge is 0.483 e. The van der Waals surface area contributed by atoms with Crippen molar-refractivity contribution in [2.24, 2.45) is 0 Å². The zero-order valence-corrected chi connectivity index (χ0v) is 19.4. The third-order valence-electron chi connectivity index (χ3n) is 5.08. The lowest BCUT2D eigenvalue weighted by molar-refractivity contribution is -0.142. The number of carbonyl (C=O) groups excluding carboxylic acids is 2. The molecule has 0 aromatic heterocycles. The number of carbonyl (C=O) groups is 2. The number of hydrogen-bond donors (Lipinski definition) is 1. The summed E-state index contributed by atoms with van der Waals surface area (Å²) in [5, 5.41) is 4.88. The molecule has 162 valence electrons. The topological polar surface area (TPSA) is 58.6 Å². The van der Waals surface area contributed by atoms with Crippen LogP contribution < -0.4 is 10.1 Å². The smallest absolute Gasteiger partial charge is 0.261 e. The number of ether oxygens (including phenoxy) is 1. The van der Waals surface area contributed by atoms with Crippen LogP contribution in [-0.4, -0.2) is 35.9 Å². The highest BCUT2D eigenvalue weighted by Gasteiger charge is 2.26. The maximum Gasteiger partial charge on any atom is 0.261 e. The molecule has 1 N–H and O–H groups in total. The summed E-state index contributed by atoms with van der Waals surface area (Å²) in [5.74, 6) is 0.241. The van der Waals surface area contributed by atoms with Gasteiger partial charge in [0.2, 0.25) is 5.91 Å². The Morgan fingerprint density at radius 1 is 1.03 bits per heavy atom. The zero-order chi connectivity index (χ0) is 22.2. The minimum absolute atomic E-state index is 0.143. The van der Waals surface area contributed by atoms with Crippen LogP contribution in [0.2, 0.25) is 0 Å². The van der Waals surface area contributed by atoms with E-state index in [1.54, 1.807) is 11.8 Å². The second-order valence-electron chi connectivity index (χ2n) is 7.38. The molecule has 0 saturated heterocycles. The van der Waals surface area contributed by atoms with Gasteiger partial charge in [-0.3, -0.25) is 9.59 Å². The maximum atomic E-state index is 13.2. The van der Waals surface area contributed by atoms with Crippen molar-refractivity contribution in [2.75, 3.05) is 13.2 Å². The Kier molecular flexibility index (Phi) is 8.06. The molecule has 0 bridgehead atoms. The van der Waals surface area contributed by atoms with E-state index in [1.807, 2.05) is 73.7 Å². The van der Waals surface area contributed by atoms with Gasteiger partial charge in [0.15, 0.2) is 6.61 Å². The molecule has 0 aliphatic rings. The predicted molar refractivity (Wildman–Crippen MR) is 127 cm³/mol. The van der Waals surface area contributed by atoms with E-state index in [2.05, 4.69) is 21.2 Å². The lowest BCUT2D eigenvalue weighted by Crippen LogP contribution is -2.49. The van der Waals surface area contributed by atoms with Gasteiger partial charge in [-0.15, -0.1) is 0 Å². The standard InChI is InChI=1S/C25H27BrN2O3/c1-3-15-27-25(30)18(2)28(16-19-11-13-21(26)14-12-19)24(29)17-31-23-10-6-8-20-7-4-5-9-22(20)23/h4-14,18H,3,15-17H2,1-2H3,(H,27,30)/t18-/m1/s1. The minimum atomic E-state index is -0.612. The summed E-state index contributed by atoms with van der Waals surface area (Å²) < 4.78 is 6.86. The number of fused-ring (bicyclic) bond motifs is 1. The Bertz CT molecular complexity index is 1030. The van der Waals surface area contributed by atoms with Gasteiger partial charge in [0.05, 0.1) is 0 Å². The van der Waals surface area contributed by atoms with Crippen LogP contribution in [0.5, 0.6) is 5.75 Å². The number of amides is 2. The molecule has 6 heteroatoms. The molecule has 3 aromatic carbocycles. The highest BCUT2D eigenvalue weighted by atomic mass is 79.9. The molecule has 3 rings (SSSR count). The van der Waals surface area contributed by atoms with E-state index < -0.39 is 6.04 Å². The Morgan fingerprint density at radius 3 is 2.48 bits per heavy atom. The monoisotopic (exact) mass is 482 g/mol. The van der Waals surface area contributed by atoms with Crippen LogP contribution in [0, 0.1) is 0 Å². The first-order valence-corrected chi connectivity index (χ1v) is 11.2. The highest BCUT2D eigenvalue weighted by Crippen LogP contribution is 2.25. The van der Waals surface area contributed by atoms with E-state index in [-0.39, 0.29) is 18.4 Å². The van der Waals surface area contributed by atoms with Crippen LogP contribution >= 0.6 is 15.9 Å². The Labute approximate surface area is 191 Å². The molecule has 2 amide bonds. The molecule has 0 heterocycles. The van der Waals surface area contributed by atoms with Crippen molar-refractivity contribution in [3.05, 3.63) is 76.8 Å². The van der Waals surface area contributed by atoms with Crippen LogP contribution in [0.15, 0.2) is 71.2 Å². The van der Waals surface area contributed by atoms with Gasteiger partial charge in [-0.25, -0.2) is 0 Å². The van der Waals surface area contributed by atoms with Gasteiger partial charge in [0.1, 0.15) is 11.8 Å². The number of nitrogens with one attached hydrogen (secondary N) is 1. The number of benzene rings is 3. The van der Waals surface area contributed by atoms with E-state index in [0.717, 1.165) is 27.2 Å². The Morgan fingerprint density at radius 2 is 1.74 bits per heavy atom. The van der Waals surface area contributed by atoms with Gasteiger partial charge in [-0.1, -0.05) is 71.4 Å². The first-order valence-electron chi connectivity index (χ1n) is 10.4. The molecule has 0 fully saturated rings. The number of halogens is 1. The van der Waals surface area contributed by atoms with Gasteiger partial charge in [-0.05, 0) is 42.5 Å². The van der Waals surface area contributed by atoms with E-state index >= 15 is 0 Å². The Hall–Kier alpha value is -2.86. The fourth-order valence-corrected chi connectivity index (χ4v) is 3.57. The summed E-state index contributed by atoms with van der Waals surface area (Å²) in [7, 11) is 0. The van der Waals surface area contributed by atoms with Crippen molar-refractivity contribution in [1.82, 2.24) is 10.2 Å². The average Bonchev–Trinajstić information content (AvgIpc) is 2.80. The molecule has 1 atom stereocenters. The molecule has 0 aliphatic heterocycles. The molecule has 0 aliphatic carbocycles. The first-order chi connectivity index (χ1) is 15.0. The van der Waals surface area contributed by atoms with Crippen molar-refractivity contribution in [3.8, 4) is 5.75 Å². The summed E-state index contributed by atoms with van der Waals surface area (Å²) in [5.41, 5.74) is 0.942. The van der Waals surface area contributed by atoms with Crippen molar-refractivity contribution in [1.29, 1.82) is 0 Å². The number of rotatable bonds is 9. The number of nitrogens with zero attached hydrogens (tertiary/aromatic N) is 1. The molecule has 0 spiro atoms. The predicted octanol–water partition coefficient (Wildman–Crippen LogP) is 4.92. The Balaban J connectivity index is 1.77. The van der Waals surface area contributed by atoms with Crippen LogP contribution in [-0.2, 0) is 16.1 Å². The normalized spacial score (nSPS) is 11.7. The highest BCUT2D eigenvalue weighted by molar-refractivity contribution is 9.10. The molecular formula is C25H27BrN2O3. The van der Waals surface area contributed by atoms with E-state index in [1.165, 1.54) is 0 Å². The minimum Gasteiger partial charge on any atom is -0.483 e. The van der Waals surface area contributed by atoms with E-state index in [9.17, 15) is 9.59 Å². The van der Waals surface area contributed by atoms with Crippen molar-refractivity contribution in [2.45, 2.75) is 32.9 Å². The third-order valence-corrected chi connectivity index (χ3v) is 5.61. The summed E-state index contributed by atoms with van der Waals surface area (Å²) >= 11 is 3.43. The average molecular weight is 483 g/mol. The fraction of sp³-hybridized carbons (Fsp3) is 0.280. The van der Waals surface area contributed by atoms with E-state index in [0.29, 0.717) is 18.8 Å². The van der Waals surface area contributed by atoms with Crippen molar-refractivity contribution >= 4 is 38.5 Å².